The molecule has 2 aliphatic heterocycles. The minimum atomic E-state index is -0.189. The molecule has 0 saturated carbocycles. The van der Waals surface area contributed by atoms with Crippen molar-refractivity contribution in [1.29, 1.82) is 0 Å². The number of benzene rings is 2. The molecule has 5 nitrogen and oxygen atoms in total. The van der Waals surface area contributed by atoms with Gasteiger partial charge >= 0.3 is 5.91 Å². The number of rotatable bonds is 4. The maximum Gasteiger partial charge on any atom is 0.312 e. The van der Waals surface area contributed by atoms with Crippen LogP contribution >= 0.6 is 34.8 Å². The van der Waals surface area contributed by atoms with E-state index in [1.54, 1.807) is 12.1 Å². The van der Waals surface area contributed by atoms with Gasteiger partial charge in [-0.1, -0.05) is 53.9 Å². The summed E-state index contributed by atoms with van der Waals surface area (Å²) < 4.78 is 0.540. The minimum absolute atomic E-state index is 0.140. The fourth-order valence-electron chi connectivity index (χ4n) is 4.29. The number of carbonyl (C=O) groups excluding carboxylic acids is 1. The van der Waals surface area contributed by atoms with Crippen LogP contribution in [0.2, 0.25) is 15.1 Å². The molecule has 0 unspecified atom stereocenters. The van der Waals surface area contributed by atoms with Gasteiger partial charge in [0.2, 0.25) is 0 Å². The highest BCUT2D eigenvalue weighted by Gasteiger charge is 2.42. The van der Waals surface area contributed by atoms with Gasteiger partial charge in [0.05, 0.1) is 23.8 Å². The third kappa shape index (κ3) is 4.17. The van der Waals surface area contributed by atoms with E-state index in [4.69, 9.17) is 39.9 Å². The van der Waals surface area contributed by atoms with Gasteiger partial charge in [0.15, 0.2) is 0 Å². The van der Waals surface area contributed by atoms with Crippen molar-refractivity contribution in [3.8, 4) is 0 Å². The summed E-state index contributed by atoms with van der Waals surface area (Å²) in [6, 6.07) is 12.7. The molecule has 2 heterocycles. The number of carbonyl (C=O) groups is 1. The highest BCUT2D eigenvalue weighted by molar-refractivity contribution is 6.40. The van der Waals surface area contributed by atoms with Crippen LogP contribution < -0.4 is 10.4 Å². The summed E-state index contributed by atoms with van der Waals surface area (Å²) in [6.45, 7) is 3.88. The first-order valence-corrected chi connectivity index (χ1v) is 11.2. The van der Waals surface area contributed by atoms with Crippen LogP contribution in [0.15, 0.2) is 47.6 Å². The Kier molecular flexibility index (Phi) is 5.99. The summed E-state index contributed by atoms with van der Waals surface area (Å²) in [6.07, 6.45) is 2.22. The number of nitrogens with zero attached hydrogens (tertiary/aromatic N) is 3. The van der Waals surface area contributed by atoms with Crippen LogP contribution in [0.4, 0.5) is 5.69 Å². The zero-order valence-electron chi connectivity index (χ0n) is 16.9. The van der Waals surface area contributed by atoms with Crippen LogP contribution in [0.5, 0.6) is 0 Å². The van der Waals surface area contributed by atoms with Gasteiger partial charge < -0.3 is 0 Å². The van der Waals surface area contributed by atoms with Crippen LogP contribution in [0.25, 0.3) is 0 Å². The third-order valence-corrected chi connectivity index (χ3v) is 6.70. The third-order valence-electron chi connectivity index (χ3n) is 5.91. The fraction of sp³-hybridized carbons (Fsp3) is 0.364. The maximum absolute atomic E-state index is 13.2. The maximum atomic E-state index is 13.2. The molecule has 0 aliphatic carbocycles. The Balaban J connectivity index is 1.72. The molecule has 1 saturated heterocycles. The number of amides is 1. The topological polar surface area (TPSA) is 44.7 Å². The lowest BCUT2D eigenvalue weighted by Gasteiger charge is -2.29. The Morgan fingerprint density at radius 2 is 1.70 bits per heavy atom. The van der Waals surface area contributed by atoms with E-state index in [0.29, 0.717) is 31.1 Å². The lowest BCUT2D eigenvalue weighted by atomic mass is 9.91. The molecule has 8 heteroatoms. The number of anilines is 1. The number of hydrazone groups is 1. The molecule has 0 aromatic heterocycles. The van der Waals surface area contributed by atoms with Crippen molar-refractivity contribution < 1.29 is 9.39 Å². The fourth-order valence-corrected chi connectivity index (χ4v) is 4.91. The van der Waals surface area contributed by atoms with Gasteiger partial charge in [-0.05, 0) is 35.9 Å². The largest absolute Gasteiger partial charge is 0.312 e. The molecule has 2 aromatic carbocycles. The van der Waals surface area contributed by atoms with E-state index in [0.717, 1.165) is 31.5 Å². The van der Waals surface area contributed by atoms with Gasteiger partial charge in [-0.3, -0.25) is 9.80 Å². The van der Waals surface area contributed by atoms with E-state index >= 15 is 0 Å². The molecule has 4 rings (SSSR count). The van der Waals surface area contributed by atoms with E-state index in [1.165, 1.54) is 0 Å². The van der Waals surface area contributed by atoms with E-state index in [9.17, 15) is 4.79 Å². The standard InChI is InChI=1S/C22H23Cl3N4O/c1-14-20(22(30)27-29(2)11-3-4-12-29)26-28(19-10-9-17(24)13-18(19)25)21(14)15-5-7-16(23)8-6-15/h5-10,13-14,21H,3-4,11-12H2,1-2H3/p+1/t14-,21+/m0/s1. The predicted octanol–water partition coefficient (Wildman–Crippen LogP) is 5.47. The van der Waals surface area contributed by atoms with E-state index in [1.807, 2.05) is 42.3 Å². The SMILES string of the molecule is C[C@H]1C(C(=O)N[N+]2(C)CCCC2)=NN(c2ccc(Cl)cc2Cl)[C@H]1c1ccc(Cl)cc1. The van der Waals surface area contributed by atoms with E-state index < -0.39 is 0 Å². The summed E-state index contributed by atoms with van der Waals surface area (Å²) in [5.41, 5.74) is 5.37. The molecule has 0 radical (unpaired) electrons. The second kappa shape index (κ2) is 8.39. The number of halogens is 3. The quantitative estimate of drug-likeness (QED) is 0.607. The lowest BCUT2D eigenvalue weighted by Crippen LogP contribution is -2.57. The number of likely N-dealkylation sites (tertiary alicyclic amines) is 1. The minimum Gasteiger partial charge on any atom is -0.263 e. The Bertz CT molecular complexity index is 986. The first-order chi connectivity index (χ1) is 14.3. The molecule has 0 spiro atoms. The Morgan fingerprint density at radius 1 is 1.07 bits per heavy atom. The molecule has 1 fully saturated rings. The monoisotopic (exact) mass is 465 g/mol. The molecule has 1 N–H and O–H groups in total. The normalized spacial score (nSPS) is 22.8. The summed E-state index contributed by atoms with van der Waals surface area (Å²) >= 11 is 18.7. The Labute approximate surface area is 191 Å². The second-order valence-corrected chi connectivity index (χ2v) is 9.48. The number of quaternary nitrogens is 1. The van der Waals surface area contributed by atoms with Crippen molar-refractivity contribution in [3.63, 3.8) is 0 Å². The van der Waals surface area contributed by atoms with Gasteiger partial charge in [-0.25, -0.2) is 4.59 Å². The molecular weight excluding hydrogens is 443 g/mol. The molecule has 2 aliphatic rings. The van der Waals surface area contributed by atoms with Gasteiger partial charge in [0, 0.05) is 28.8 Å². The number of nitrogens with one attached hydrogen (secondary N) is 1. The highest BCUT2D eigenvalue weighted by atomic mass is 35.5. The molecule has 1 amide bonds. The molecule has 2 atom stereocenters. The van der Waals surface area contributed by atoms with Crippen LogP contribution in [0.3, 0.4) is 0 Å². The van der Waals surface area contributed by atoms with E-state index in [-0.39, 0.29) is 17.9 Å². The average Bonchev–Trinajstić information content (AvgIpc) is 3.26. The van der Waals surface area contributed by atoms with Crippen molar-refractivity contribution >= 4 is 52.1 Å². The summed E-state index contributed by atoms with van der Waals surface area (Å²) in [4.78, 5) is 13.2. The van der Waals surface area contributed by atoms with Crippen molar-refractivity contribution in [2.45, 2.75) is 25.8 Å². The summed E-state index contributed by atoms with van der Waals surface area (Å²) in [5.74, 6) is -0.287. The van der Waals surface area contributed by atoms with Gasteiger partial charge in [0.25, 0.3) is 0 Å². The van der Waals surface area contributed by atoms with Crippen LogP contribution in [0.1, 0.15) is 31.4 Å². The molecular formula is C22H24Cl3N4O+. The molecule has 158 valence electrons. The summed E-state index contributed by atoms with van der Waals surface area (Å²) in [5, 5.41) is 8.27. The molecule has 30 heavy (non-hydrogen) atoms. The summed E-state index contributed by atoms with van der Waals surface area (Å²) in [7, 11) is 2.05. The highest BCUT2D eigenvalue weighted by Crippen LogP contribution is 2.42. The number of hydrogen-bond acceptors (Lipinski definition) is 3. The van der Waals surface area contributed by atoms with Crippen LogP contribution in [-0.2, 0) is 4.79 Å². The zero-order chi connectivity index (χ0) is 21.5. The predicted molar refractivity (Wildman–Crippen MR) is 123 cm³/mol. The van der Waals surface area contributed by atoms with Gasteiger partial charge in [0.1, 0.15) is 18.8 Å². The van der Waals surface area contributed by atoms with Gasteiger partial charge in [-0.15, -0.1) is 0 Å². The Morgan fingerprint density at radius 3 is 2.33 bits per heavy atom. The first-order valence-electron chi connectivity index (χ1n) is 10.0. The van der Waals surface area contributed by atoms with Crippen molar-refractivity contribution in [3.05, 3.63) is 63.1 Å². The molecule has 0 bridgehead atoms. The Hall–Kier alpha value is -1.79. The van der Waals surface area contributed by atoms with Crippen LogP contribution in [0, 0.1) is 5.92 Å². The lowest BCUT2D eigenvalue weighted by molar-refractivity contribution is -0.931. The first kappa shape index (κ1) is 21.4. The molecule has 2 aromatic rings. The van der Waals surface area contributed by atoms with Crippen molar-refractivity contribution in [2.75, 3.05) is 25.1 Å². The number of hydrogen-bond donors (Lipinski definition) is 1. The second-order valence-electron chi connectivity index (χ2n) is 8.20. The van der Waals surface area contributed by atoms with Gasteiger partial charge in [-0.2, -0.15) is 10.5 Å². The zero-order valence-corrected chi connectivity index (χ0v) is 19.2. The average molecular weight is 467 g/mol. The van der Waals surface area contributed by atoms with E-state index in [2.05, 4.69) is 12.5 Å². The smallest absolute Gasteiger partial charge is 0.263 e. The van der Waals surface area contributed by atoms with Crippen molar-refractivity contribution in [1.82, 2.24) is 5.43 Å². The van der Waals surface area contributed by atoms with Crippen molar-refractivity contribution in [2.24, 2.45) is 11.0 Å². The van der Waals surface area contributed by atoms with Crippen LogP contribution in [-0.4, -0.2) is 36.3 Å².